The highest BCUT2D eigenvalue weighted by Crippen LogP contribution is 2.37. The number of nitrogens with one attached hydrogen (secondary N) is 1. The second kappa shape index (κ2) is 7.39. The van der Waals surface area contributed by atoms with E-state index < -0.39 is 11.4 Å². The van der Waals surface area contributed by atoms with Crippen molar-refractivity contribution in [1.82, 2.24) is 5.32 Å². The number of carbonyl (C=O) groups is 2. The van der Waals surface area contributed by atoms with Crippen molar-refractivity contribution in [3.63, 3.8) is 0 Å². The number of hydrogen-bond acceptors (Lipinski definition) is 2. The van der Waals surface area contributed by atoms with Crippen LogP contribution in [0.3, 0.4) is 0 Å². The number of carbonyl (C=O) groups excluding carboxylic acids is 1. The van der Waals surface area contributed by atoms with Gasteiger partial charge in [0.2, 0.25) is 5.91 Å². The fraction of sp³-hybridized carbons (Fsp3) is 0.857. The van der Waals surface area contributed by atoms with E-state index in [0.717, 1.165) is 38.5 Å². The van der Waals surface area contributed by atoms with Crippen LogP contribution in [0.5, 0.6) is 0 Å². The molecule has 0 aromatic heterocycles. The summed E-state index contributed by atoms with van der Waals surface area (Å²) in [6, 6.07) is 0. The summed E-state index contributed by atoms with van der Waals surface area (Å²) < 4.78 is 0. The van der Waals surface area contributed by atoms with E-state index >= 15 is 0 Å². The molecule has 1 amide bonds. The van der Waals surface area contributed by atoms with Gasteiger partial charge in [-0.05, 0) is 19.3 Å². The lowest BCUT2D eigenvalue weighted by Gasteiger charge is -2.23. The Labute approximate surface area is 109 Å². The van der Waals surface area contributed by atoms with Crippen LogP contribution in [0.2, 0.25) is 0 Å². The van der Waals surface area contributed by atoms with Crippen LogP contribution < -0.4 is 5.32 Å². The van der Waals surface area contributed by atoms with Gasteiger partial charge in [-0.2, -0.15) is 0 Å². The van der Waals surface area contributed by atoms with E-state index in [4.69, 9.17) is 0 Å². The second-order valence-corrected chi connectivity index (χ2v) is 5.38. The standard InChI is InChI=1S/C14H25NO3/c1-2-3-4-5-8-12(16)15-11-14(13(17)18)9-6-7-10-14/h2-11H2,1H3,(H,15,16)(H,17,18). The van der Waals surface area contributed by atoms with Crippen LogP contribution in [-0.2, 0) is 9.59 Å². The highest BCUT2D eigenvalue weighted by atomic mass is 16.4. The summed E-state index contributed by atoms with van der Waals surface area (Å²) in [7, 11) is 0. The number of hydrogen-bond donors (Lipinski definition) is 2. The normalized spacial score (nSPS) is 17.6. The maximum Gasteiger partial charge on any atom is 0.311 e. The van der Waals surface area contributed by atoms with Crippen LogP contribution in [-0.4, -0.2) is 23.5 Å². The first-order valence-corrected chi connectivity index (χ1v) is 7.11. The predicted octanol–water partition coefficient (Wildman–Crippen LogP) is 2.72. The third-order valence-corrected chi connectivity index (χ3v) is 3.90. The fourth-order valence-corrected chi connectivity index (χ4v) is 2.59. The molecule has 0 aromatic rings. The molecule has 1 rings (SSSR count). The Kier molecular flexibility index (Phi) is 6.16. The summed E-state index contributed by atoms with van der Waals surface area (Å²) in [5.74, 6) is -0.759. The van der Waals surface area contributed by atoms with E-state index in [2.05, 4.69) is 12.2 Å². The molecule has 1 saturated carbocycles. The SMILES string of the molecule is CCCCCCC(=O)NCC1(C(=O)O)CCCC1. The highest BCUT2D eigenvalue weighted by molar-refractivity contribution is 5.79. The van der Waals surface area contributed by atoms with Gasteiger partial charge < -0.3 is 10.4 Å². The molecule has 0 unspecified atom stereocenters. The van der Waals surface area contributed by atoms with Gasteiger partial charge in [-0.3, -0.25) is 9.59 Å². The maximum atomic E-state index is 11.6. The number of carboxylic acids is 1. The van der Waals surface area contributed by atoms with Crippen molar-refractivity contribution in [2.24, 2.45) is 5.41 Å². The summed E-state index contributed by atoms with van der Waals surface area (Å²) >= 11 is 0. The molecule has 4 heteroatoms. The van der Waals surface area contributed by atoms with Crippen molar-refractivity contribution < 1.29 is 14.7 Å². The minimum absolute atomic E-state index is 0.00127. The average Bonchev–Trinajstić information content (AvgIpc) is 2.82. The van der Waals surface area contributed by atoms with Gasteiger partial charge in [-0.15, -0.1) is 0 Å². The van der Waals surface area contributed by atoms with Crippen molar-refractivity contribution >= 4 is 11.9 Å². The molecule has 2 N–H and O–H groups in total. The van der Waals surface area contributed by atoms with Crippen LogP contribution in [0, 0.1) is 5.41 Å². The average molecular weight is 255 g/mol. The van der Waals surface area contributed by atoms with Crippen LogP contribution in [0.25, 0.3) is 0 Å². The fourth-order valence-electron chi connectivity index (χ4n) is 2.59. The first-order chi connectivity index (χ1) is 8.60. The summed E-state index contributed by atoms with van der Waals surface area (Å²) in [6.45, 7) is 2.44. The van der Waals surface area contributed by atoms with Crippen molar-refractivity contribution in [3.05, 3.63) is 0 Å². The molecule has 1 aliphatic rings. The van der Waals surface area contributed by atoms with Gasteiger partial charge in [-0.25, -0.2) is 0 Å². The molecule has 0 aliphatic heterocycles. The minimum atomic E-state index is -0.758. The van der Waals surface area contributed by atoms with E-state index in [1.807, 2.05) is 0 Å². The first-order valence-electron chi connectivity index (χ1n) is 7.11. The van der Waals surface area contributed by atoms with E-state index in [9.17, 15) is 14.7 Å². The number of aliphatic carboxylic acids is 1. The van der Waals surface area contributed by atoms with Gasteiger partial charge in [-0.1, -0.05) is 39.0 Å². The van der Waals surface area contributed by atoms with Crippen molar-refractivity contribution in [2.75, 3.05) is 6.54 Å². The van der Waals surface area contributed by atoms with Crippen LogP contribution in [0.1, 0.15) is 64.7 Å². The van der Waals surface area contributed by atoms with E-state index in [1.165, 1.54) is 0 Å². The number of rotatable bonds is 8. The molecule has 1 aliphatic carbocycles. The molecule has 0 saturated heterocycles. The Morgan fingerprint density at radius 3 is 2.39 bits per heavy atom. The second-order valence-electron chi connectivity index (χ2n) is 5.38. The molecule has 1 fully saturated rings. The van der Waals surface area contributed by atoms with Gasteiger partial charge in [0, 0.05) is 13.0 Å². The Morgan fingerprint density at radius 2 is 1.83 bits per heavy atom. The Morgan fingerprint density at radius 1 is 1.17 bits per heavy atom. The van der Waals surface area contributed by atoms with Crippen molar-refractivity contribution in [1.29, 1.82) is 0 Å². The minimum Gasteiger partial charge on any atom is -0.481 e. The summed E-state index contributed by atoms with van der Waals surface area (Å²) in [5.41, 5.74) is -0.695. The first kappa shape index (κ1) is 15.0. The molecule has 0 atom stereocenters. The number of amides is 1. The molecule has 0 spiro atoms. The number of carboxylic acid groups (broad SMARTS) is 1. The van der Waals surface area contributed by atoms with Crippen LogP contribution >= 0.6 is 0 Å². The zero-order valence-corrected chi connectivity index (χ0v) is 11.3. The highest BCUT2D eigenvalue weighted by Gasteiger charge is 2.41. The van der Waals surface area contributed by atoms with Gasteiger partial charge in [0.25, 0.3) is 0 Å². The molecule has 0 radical (unpaired) electrons. The van der Waals surface area contributed by atoms with Crippen LogP contribution in [0.15, 0.2) is 0 Å². The molecule has 104 valence electrons. The van der Waals surface area contributed by atoms with Gasteiger partial charge in [0.05, 0.1) is 5.41 Å². The van der Waals surface area contributed by atoms with Crippen LogP contribution in [0.4, 0.5) is 0 Å². The summed E-state index contributed by atoms with van der Waals surface area (Å²) in [5, 5.41) is 12.1. The van der Waals surface area contributed by atoms with E-state index in [1.54, 1.807) is 0 Å². The largest absolute Gasteiger partial charge is 0.481 e. The van der Waals surface area contributed by atoms with E-state index in [0.29, 0.717) is 25.8 Å². The zero-order chi connectivity index (χ0) is 13.4. The Hall–Kier alpha value is -1.06. The van der Waals surface area contributed by atoms with Crippen molar-refractivity contribution in [3.8, 4) is 0 Å². The quantitative estimate of drug-likeness (QED) is 0.655. The van der Waals surface area contributed by atoms with Gasteiger partial charge in [0.1, 0.15) is 0 Å². The lowest BCUT2D eigenvalue weighted by Crippen LogP contribution is -2.41. The molecule has 0 aromatic carbocycles. The Bertz CT molecular complexity index is 283. The summed E-state index contributed by atoms with van der Waals surface area (Å²) in [4.78, 5) is 22.9. The molecule has 0 heterocycles. The number of unbranched alkanes of at least 4 members (excludes halogenated alkanes) is 3. The lowest BCUT2D eigenvalue weighted by atomic mass is 9.86. The predicted molar refractivity (Wildman–Crippen MR) is 70.3 cm³/mol. The third kappa shape index (κ3) is 4.31. The topological polar surface area (TPSA) is 66.4 Å². The molecule has 18 heavy (non-hydrogen) atoms. The lowest BCUT2D eigenvalue weighted by molar-refractivity contribution is -0.148. The maximum absolute atomic E-state index is 11.6. The van der Waals surface area contributed by atoms with Gasteiger partial charge >= 0.3 is 5.97 Å². The molecule has 4 nitrogen and oxygen atoms in total. The van der Waals surface area contributed by atoms with E-state index in [-0.39, 0.29) is 5.91 Å². The van der Waals surface area contributed by atoms with Crippen molar-refractivity contribution in [2.45, 2.75) is 64.7 Å². The van der Waals surface area contributed by atoms with Gasteiger partial charge in [0.15, 0.2) is 0 Å². The smallest absolute Gasteiger partial charge is 0.311 e. The Balaban J connectivity index is 2.26. The third-order valence-electron chi connectivity index (χ3n) is 3.90. The molecule has 0 bridgehead atoms. The summed E-state index contributed by atoms with van der Waals surface area (Å²) in [6.07, 6.45) is 8.12. The monoisotopic (exact) mass is 255 g/mol. The molecular formula is C14H25NO3. The molecular weight excluding hydrogens is 230 g/mol. The zero-order valence-electron chi connectivity index (χ0n) is 11.3.